The van der Waals surface area contributed by atoms with E-state index in [1.807, 2.05) is 43.3 Å². The van der Waals surface area contributed by atoms with Crippen molar-refractivity contribution in [3.63, 3.8) is 0 Å². The number of carbonyl (C=O) groups excluding carboxylic acids is 1. The molecule has 0 saturated heterocycles. The van der Waals surface area contributed by atoms with Gasteiger partial charge in [-0.3, -0.25) is 4.79 Å². The molecular weight excluding hydrogens is 354 g/mol. The average Bonchev–Trinajstić information content (AvgIpc) is 2.69. The Balaban J connectivity index is 1.86. The van der Waals surface area contributed by atoms with Gasteiger partial charge in [-0.15, -0.1) is 0 Å². The molecule has 2 rings (SSSR count). The smallest absolute Gasteiger partial charge is 0.261 e. The van der Waals surface area contributed by atoms with E-state index in [2.05, 4.69) is 32.2 Å². The van der Waals surface area contributed by atoms with Gasteiger partial charge in [0, 0.05) is 6.07 Å². The second kappa shape index (κ2) is 10.0. The lowest BCUT2D eigenvalue weighted by Crippen LogP contribution is -2.39. The summed E-state index contributed by atoms with van der Waals surface area (Å²) in [6.45, 7) is 9.18. The maximum atomic E-state index is 12.4. The number of hydrogen-bond acceptors (Lipinski definition) is 4. The van der Waals surface area contributed by atoms with Gasteiger partial charge in [0.15, 0.2) is 6.10 Å². The fourth-order valence-electron chi connectivity index (χ4n) is 2.82. The molecule has 1 unspecified atom stereocenters. The van der Waals surface area contributed by atoms with Crippen LogP contribution in [0.15, 0.2) is 48.5 Å². The Morgan fingerprint density at radius 1 is 1.07 bits per heavy atom. The van der Waals surface area contributed by atoms with Crippen LogP contribution in [0, 0.1) is 0 Å². The fraction of sp³-hybridized carbons (Fsp3) is 0.435. The summed E-state index contributed by atoms with van der Waals surface area (Å²) in [4.78, 5) is 12.4. The third-order valence-corrected chi connectivity index (χ3v) is 4.34. The predicted molar refractivity (Wildman–Crippen MR) is 111 cm³/mol. The van der Waals surface area contributed by atoms with Crippen LogP contribution >= 0.6 is 0 Å². The molecule has 1 atom stereocenters. The summed E-state index contributed by atoms with van der Waals surface area (Å²) >= 11 is 0. The number of ether oxygens (including phenoxy) is 3. The van der Waals surface area contributed by atoms with Crippen molar-refractivity contribution < 1.29 is 19.0 Å². The topological polar surface area (TPSA) is 56.8 Å². The van der Waals surface area contributed by atoms with E-state index in [9.17, 15) is 4.79 Å². The largest absolute Gasteiger partial charge is 0.497 e. The highest BCUT2D eigenvalue weighted by molar-refractivity contribution is 5.81. The van der Waals surface area contributed by atoms with Crippen LogP contribution < -0.4 is 19.5 Å². The number of para-hydroxylation sites is 1. The van der Waals surface area contributed by atoms with Gasteiger partial charge in [0.1, 0.15) is 23.9 Å². The number of amides is 1. The summed E-state index contributed by atoms with van der Waals surface area (Å²) in [5.74, 6) is 2.00. The molecule has 5 nitrogen and oxygen atoms in total. The number of methoxy groups -OCH3 is 1. The molecule has 0 aliphatic rings. The second-order valence-electron chi connectivity index (χ2n) is 7.58. The van der Waals surface area contributed by atoms with Gasteiger partial charge in [-0.2, -0.15) is 0 Å². The van der Waals surface area contributed by atoms with Crippen LogP contribution in [0.4, 0.5) is 0 Å². The SMILES string of the molecule is CCC(Oc1cccc(OC)c1)C(=O)NCCOc1ccccc1C(C)(C)C. The first-order valence-electron chi connectivity index (χ1n) is 9.66. The molecular formula is C23H31NO4. The van der Waals surface area contributed by atoms with Crippen LogP contribution in [-0.4, -0.2) is 32.3 Å². The van der Waals surface area contributed by atoms with Crippen molar-refractivity contribution in [2.45, 2.75) is 45.6 Å². The first-order chi connectivity index (χ1) is 13.3. The normalized spacial score (nSPS) is 12.2. The Hall–Kier alpha value is -2.69. The van der Waals surface area contributed by atoms with Gasteiger partial charge >= 0.3 is 0 Å². The molecule has 0 aliphatic carbocycles. The van der Waals surface area contributed by atoms with Gasteiger partial charge in [0.2, 0.25) is 0 Å². The van der Waals surface area contributed by atoms with Crippen molar-refractivity contribution in [2.24, 2.45) is 0 Å². The lowest BCUT2D eigenvalue weighted by atomic mass is 9.86. The summed E-state index contributed by atoms with van der Waals surface area (Å²) in [7, 11) is 1.60. The third-order valence-electron chi connectivity index (χ3n) is 4.34. The highest BCUT2D eigenvalue weighted by Crippen LogP contribution is 2.30. The Morgan fingerprint density at radius 2 is 1.79 bits per heavy atom. The highest BCUT2D eigenvalue weighted by atomic mass is 16.5. The van der Waals surface area contributed by atoms with E-state index in [1.165, 1.54) is 0 Å². The molecule has 0 aromatic heterocycles. The van der Waals surface area contributed by atoms with Crippen molar-refractivity contribution in [2.75, 3.05) is 20.3 Å². The zero-order valence-electron chi connectivity index (χ0n) is 17.5. The maximum absolute atomic E-state index is 12.4. The Morgan fingerprint density at radius 3 is 2.46 bits per heavy atom. The summed E-state index contributed by atoms with van der Waals surface area (Å²) in [5, 5.41) is 2.89. The van der Waals surface area contributed by atoms with Gasteiger partial charge in [-0.25, -0.2) is 0 Å². The Kier molecular flexibility index (Phi) is 7.73. The summed E-state index contributed by atoms with van der Waals surface area (Å²) < 4.78 is 16.9. The number of nitrogens with one attached hydrogen (secondary N) is 1. The Labute approximate surface area is 168 Å². The van der Waals surface area contributed by atoms with E-state index in [-0.39, 0.29) is 11.3 Å². The lowest BCUT2D eigenvalue weighted by molar-refractivity contribution is -0.128. The molecule has 0 saturated carbocycles. The monoisotopic (exact) mass is 385 g/mol. The number of benzene rings is 2. The molecule has 0 aliphatic heterocycles. The van der Waals surface area contributed by atoms with Crippen LogP contribution in [-0.2, 0) is 10.2 Å². The average molecular weight is 386 g/mol. The molecule has 28 heavy (non-hydrogen) atoms. The number of carbonyl (C=O) groups is 1. The van der Waals surface area contributed by atoms with Gasteiger partial charge in [-0.1, -0.05) is 52.0 Å². The van der Waals surface area contributed by atoms with E-state index >= 15 is 0 Å². The van der Waals surface area contributed by atoms with Crippen molar-refractivity contribution in [3.8, 4) is 17.2 Å². The van der Waals surface area contributed by atoms with E-state index in [1.54, 1.807) is 13.2 Å². The number of rotatable bonds is 9. The minimum atomic E-state index is -0.561. The van der Waals surface area contributed by atoms with Crippen LogP contribution in [0.5, 0.6) is 17.2 Å². The van der Waals surface area contributed by atoms with Crippen LogP contribution in [0.3, 0.4) is 0 Å². The van der Waals surface area contributed by atoms with Gasteiger partial charge in [-0.05, 0) is 35.6 Å². The molecule has 5 heteroatoms. The second-order valence-corrected chi connectivity index (χ2v) is 7.58. The van der Waals surface area contributed by atoms with Crippen LogP contribution in [0.2, 0.25) is 0 Å². The van der Waals surface area contributed by atoms with Gasteiger partial charge in [0.05, 0.1) is 13.7 Å². The standard InChI is InChI=1S/C23H31NO4/c1-6-20(28-18-11-9-10-17(16-18)26-5)22(25)24-14-15-27-21-13-8-7-12-19(21)23(2,3)4/h7-13,16,20H,6,14-15H2,1-5H3,(H,24,25). The first-order valence-corrected chi connectivity index (χ1v) is 9.66. The third kappa shape index (κ3) is 6.19. The van der Waals surface area contributed by atoms with E-state index < -0.39 is 6.10 Å². The Bertz CT molecular complexity index is 767. The molecule has 0 radical (unpaired) electrons. The van der Waals surface area contributed by atoms with Gasteiger partial charge in [0.25, 0.3) is 5.91 Å². The molecule has 152 valence electrons. The molecule has 0 fully saturated rings. The summed E-state index contributed by atoms with van der Waals surface area (Å²) in [6, 6.07) is 15.2. The zero-order chi connectivity index (χ0) is 20.6. The summed E-state index contributed by atoms with van der Waals surface area (Å²) in [5.41, 5.74) is 1.15. The first kappa shape index (κ1) is 21.6. The molecule has 2 aromatic rings. The van der Waals surface area contributed by atoms with Crippen molar-refractivity contribution in [3.05, 3.63) is 54.1 Å². The molecule has 0 heterocycles. The number of hydrogen-bond donors (Lipinski definition) is 1. The zero-order valence-corrected chi connectivity index (χ0v) is 17.5. The lowest BCUT2D eigenvalue weighted by Gasteiger charge is -2.23. The van der Waals surface area contributed by atoms with E-state index in [0.717, 1.165) is 11.3 Å². The van der Waals surface area contributed by atoms with Crippen molar-refractivity contribution >= 4 is 5.91 Å². The molecule has 0 spiro atoms. The maximum Gasteiger partial charge on any atom is 0.261 e. The quantitative estimate of drug-likeness (QED) is 0.652. The van der Waals surface area contributed by atoms with E-state index in [0.29, 0.717) is 31.1 Å². The van der Waals surface area contributed by atoms with E-state index in [4.69, 9.17) is 14.2 Å². The van der Waals surface area contributed by atoms with Crippen LogP contribution in [0.1, 0.15) is 39.7 Å². The minimum Gasteiger partial charge on any atom is -0.497 e. The predicted octanol–water partition coefficient (Wildman–Crippen LogP) is 4.35. The van der Waals surface area contributed by atoms with Gasteiger partial charge < -0.3 is 19.5 Å². The fourth-order valence-corrected chi connectivity index (χ4v) is 2.82. The molecule has 1 N–H and O–H groups in total. The minimum absolute atomic E-state index is 0.00225. The highest BCUT2D eigenvalue weighted by Gasteiger charge is 2.20. The van der Waals surface area contributed by atoms with Crippen molar-refractivity contribution in [1.29, 1.82) is 0 Å². The summed E-state index contributed by atoms with van der Waals surface area (Å²) in [6.07, 6.45) is 0.00509. The molecule has 0 bridgehead atoms. The molecule has 1 amide bonds. The van der Waals surface area contributed by atoms with Crippen molar-refractivity contribution in [1.82, 2.24) is 5.32 Å². The molecule has 2 aromatic carbocycles. The van der Waals surface area contributed by atoms with Crippen LogP contribution in [0.25, 0.3) is 0 Å².